The van der Waals surface area contributed by atoms with Crippen molar-refractivity contribution < 1.29 is 9.53 Å². The fourth-order valence-electron chi connectivity index (χ4n) is 1.92. The van der Waals surface area contributed by atoms with Crippen molar-refractivity contribution in [2.24, 2.45) is 0 Å². The van der Waals surface area contributed by atoms with Crippen LogP contribution in [0.4, 0.5) is 0 Å². The number of aromatic nitrogens is 1. The Hall–Kier alpha value is -2.39. The number of carbonyl (C=O) groups is 1. The van der Waals surface area contributed by atoms with Gasteiger partial charge in [0.25, 0.3) is 5.91 Å². The highest BCUT2D eigenvalue weighted by atomic mass is 32.1. The summed E-state index contributed by atoms with van der Waals surface area (Å²) in [6.07, 6.45) is 1.45. The average Bonchev–Trinajstić information content (AvgIpc) is 2.96. The minimum atomic E-state index is -0.0284. The van der Waals surface area contributed by atoms with Gasteiger partial charge in [-0.05, 0) is 17.5 Å². The molecule has 2 aromatic heterocycles. The summed E-state index contributed by atoms with van der Waals surface area (Å²) in [5.41, 5.74) is 0.500. The maximum absolute atomic E-state index is 12.0. The van der Waals surface area contributed by atoms with E-state index in [1.54, 1.807) is 17.0 Å². The standard InChI is InChI=1S/C14H11N3O2S/c15-6-10-3-4-13(16-7-10)19-11-8-17(9-11)14(18)12-2-1-5-20-12/h1-5,7,11H,8-9H2. The van der Waals surface area contributed by atoms with Gasteiger partial charge in [0.05, 0.1) is 23.5 Å². The maximum Gasteiger partial charge on any atom is 0.264 e. The van der Waals surface area contributed by atoms with Crippen LogP contribution in [-0.4, -0.2) is 35.0 Å². The molecule has 0 aliphatic carbocycles. The van der Waals surface area contributed by atoms with Gasteiger partial charge in [-0.25, -0.2) is 4.98 Å². The maximum atomic E-state index is 12.0. The predicted octanol–water partition coefficient (Wildman–Crippen LogP) is 1.92. The van der Waals surface area contributed by atoms with Crippen LogP contribution in [0.3, 0.4) is 0 Å². The van der Waals surface area contributed by atoms with E-state index in [0.717, 1.165) is 4.88 Å². The average molecular weight is 285 g/mol. The zero-order valence-electron chi connectivity index (χ0n) is 10.5. The lowest BCUT2D eigenvalue weighted by atomic mass is 10.1. The Balaban J connectivity index is 1.53. The molecule has 0 unspecified atom stereocenters. The number of amides is 1. The van der Waals surface area contributed by atoms with Crippen molar-refractivity contribution in [2.75, 3.05) is 13.1 Å². The third-order valence-corrected chi connectivity index (χ3v) is 3.88. The van der Waals surface area contributed by atoms with Crippen molar-refractivity contribution in [3.8, 4) is 11.9 Å². The van der Waals surface area contributed by atoms with E-state index in [9.17, 15) is 4.79 Å². The lowest BCUT2D eigenvalue weighted by Crippen LogP contribution is -2.56. The summed E-state index contributed by atoms with van der Waals surface area (Å²) < 4.78 is 5.64. The number of pyridine rings is 1. The van der Waals surface area contributed by atoms with E-state index < -0.39 is 0 Å². The Labute approximate surface area is 120 Å². The topological polar surface area (TPSA) is 66.2 Å². The molecule has 2 aromatic rings. The molecule has 0 radical (unpaired) electrons. The first-order valence-electron chi connectivity index (χ1n) is 6.12. The highest BCUT2D eigenvalue weighted by Crippen LogP contribution is 2.20. The van der Waals surface area contributed by atoms with E-state index in [1.165, 1.54) is 17.5 Å². The van der Waals surface area contributed by atoms with Gasteiger partial charge in [0.1, 0.15) is 12.2 Å². The SMILES string of the molecule is N#Cc1ccc(OC2CN(C(=O)c3cccs3)C2)nc1. The van der Waals surface area contributed by atoms with Crippen molar-refractivity contribution in [3.05, 3.63) is 46.3 Å². The van der Waals surface area contributed by atoms with E-state index in [-0.39, 0.29) is 12.0 Å². The number of hydrogen-bond acceptors (Lipinski definition) is 5. The minimum Gasteiger partial charge on any atom is -0.471 e. The molecule has 0 saturated carbocycles. The lowest BCUT2D eigenvalue weighted by molar-refractivity contribution is 0.0164. The second-order valence-electron chi connectivity index (χ2n) is 4.42. The molecular formula is C14H11N3O2S. The van der Waals surface area contributed by atoms with E-state index >= 15 is 0 Å². The van der Waals surface area contributed by atoms with E-state index in [2.05, 4.69) is 4.98 Å². The molecular weight excluding hydrogens is 274 g/mol. The molecule has 3 rings (SSSR count). The van der Waals surface area contributed by atoms with Gasteiger partial charge in [0, 0.05) is 12.3 Å². The number of nitrogens with zero attached hydrogens (tertiary/aromatic N) is 3. The smallest absolute Gasteiger partial charge is 0.264 e. The van der Waals surface area contributed by atoms with Crippen LogP contribution in [0.1, 0.15) is 15.2 Å². The molecule has 0 N–H and O–H groups in total. The van der Waals surface area contributed by atoms with Crippen molar-refractivity contribution >= 4 is 17.2 Å². The van der Waals surface area contributed by atoms with Gasteiger partial charge in [-0.15, -0.1) is 11.3 Å². The lowest BCUT2D eigenvalue weighted by Gasteiger charge is -2.38. The number of thiophene rings is 1. The fraction of sp³-hybridized carbons (Fsp3) is 0.214. The first kappa shape index (κ1) is 12.6. The van der Waals surface area contributed by atoms with Gasteiger partial charge in [-0.2, -0.15) is 5.26 Å². The Morgan fingerprint density at radius 1 is 1.45 bits per heavy atom. The molecule has 0 aromatic carbocycles. The first-order chi connectivity index (χ1) is 9.76. The highest BCUT2D eigenvalue weighted by molar-refractivity contribution is 7.12. The van der Waals surface area contributed by atoms with Gasteiger partial charge >= 0.3 is 0 Å². The Kier molecular flexibility index (Phi) is 3.35. The molecule has 0 spiro atoms. The summed E-state index contributed by atoms with van der Waals surface area (Å²) in [6.45, 7) is 1.14. The van der Waals surface area contributed by atoms with Crippen LogP contribution in [-0.2, 0) is 0 Å². The molecule has 100 valence electrons. The van der Waals surface area contributed by atoms with Gasteiger partial charge in [0.15, 0.2) is 0 Å². The Morgan fingerprint density at radius 2 is 2.30 bits per heavy atom. The molecule has 1 fully saturated rings. The summed E-state index contributed by atoms with van der Waals surface area (Å²) in [4.78, 5) is 18.5. The number of nitriles is 1. The number of rotatable bonds is 3. The number of carbonyl (C=O) groups excluding carboxylic acids is 1. The van der Waals surface area contributed by atoms with Gasteiger partial charge in [-0.3, -0.25) is 4.79 Å². The zero-order valence-corrected chi connectivity index (χ0v) is 11.3. The molecule has 3 heterocycles. The van der Waals surface area contributed by atoms with E-state index in [0.29, 0.717) is 24.5 Å². The van der Waals surface area contributed by atoms with Crippen LogP contribution >= 0.6 is 11.3 Å². The quantitative estimate of drug-likeness (QED) is 0.864. The largest absolute Gasteiger partial charge is 0.471 e. The zero-order chi connectivity index (χ0) is 13.9. The summed E-state index contributed by atoms with van der Waals surface area (Å²) in [7, 11) is 0. The molecule has 1 aliphatic heterocycles. The normalized spacial score (nSPS) is 14.4. The monoisotopic (exact) mass is 285 g/mol. The van der Waals surface area contributed by atoms with Gasteiger partial charge in [0.2, 0.25) is 5.88 Å². The van der Waals surface area contributed by atoms with Crippen LogP contribution in [0.5, 0.6) is 5.88 Å². The second kappa shape index (κ2) is 5.31. The highest BCUT2D eigenvalue weighted by Gasteiger charge is 2.33. The molecule has 1 aliphatic rings. The molecule has 1 amide bonds. The summed E-state index contributed by atoms with van der Waals surface area (Å²) in [6, 6.07) is 9.02. The molecule has 5 nitrogen and oxygen atoms in total. The third-order valence-electron chi connectivity index (χ3n) is 3.02. The van der Waals surface area contributed by atoms with Crippen molar-refractivity contribution in [1.82, 2.24) is 9.88 Å². The number of likely N-dealkylation sites (tertiary alicyclic amines) is 1. The minimum absolute atomic E-state index is 0.0284. The molecule has 6 heteroatoms. The van der Waals surface area contributed by atoms with Crippen LogP contribution < -0.4 is 4.74 Å². The Bertz CT molecular complexity index is 640. The van der Waals surface area contributed by atoms with Crippen LogP contribution in [0.2, 0.25) is 0 Å². The van der Waals surface area contributed by atoms with Crippen molar-refractivity contribution in [1.29, 1.82) is 5.26 Å². The summed E-state index contributed by atoms with van der Waals surface area (Å²) in [5.74, 6) is 0.532. The third kappa shape index (κ3) is 2.49. The van der Waals surface area contributed by atoms with Crippen LogP contribution in [0, 0.1) is 11.3 Å². The summed E-state index contributed by atoms with van der Waals surface area (Å²) in [5, 5.41) is 10.6. The fourth-order valence-corrected chi connectivity index (χ4v) is 2.61. The van der Waals surface area contributed by atoms with Gasteiger partial charge < -0.3 is 9.64 Å². The van der Waals surface area contributed by atoms with E-state index in [1.807, 2.05) is 23.6 Å². The van der Waals surface area contributed by atoms with Gasteiger partial charge in [-0.1, -0.05) is 6.07 Å². The number of ether oxygens (including phenoxy) is 1. The second-order valence-corrected chi connectivity index (χ2v) is 5.37. The van der Waals surface area contributed by atoms with Crippen molar-refractivity contribution in [2.45, 2.75) is 6.10 Å². The molecule has 0 bridgehead atoms. The van der Waals surface area contributed by atoms with Crippen molar-refractivity contribution in [3.63, 3.8) is 0 Å². The van der Waals surface area contributed by atoms with E-state index in [4.69, 9.17) is 10.00 Å². The molecule has 1 saturated heterocycles. The number of hydrogen-bond donors (Lipinski definition) is 0. The first-order valence-corrected chi connectivity index (χ1v) is 7.00. The Morgan fingerprint density at radius 3 is 2.90 bits per heavy atom. The van der Waals surface area contributed by atoms with Crippen LogP contribution in [0.15, 0.2) is 35.8 Å². The molecule has 0 atom stereocenters. The molecule has 20 heavy (non-hydrogen) atoms. The summed E-state index contributed by atoms with van der Waals surface area (Å²) >= 11 is 1.44. The predicted molar refractivity (Wildman–Crippen MR) is 73.6 cm³/mol. The van der Waals surface area contributed by atoms with Crippen LogP contribution in [0.25, 0.3) is 0 Å².